The number of rotatable bonds is 7. The van der Waals surface area contributed by atoms with Gasteiger partial charge in [0.1, 0.15) is 5.69 Å². The molecule has 1 heterocycles. The molecule has 0 spiro atoms. The molecule has 10 heteroatoms. The lowest BCUT2D eigenvalue weighted by molar-refractivity contribution is -0.384. The number of nitro groups is 1. The molecule has 0 bridgehead atoms. The molecule has 0 aliphatic rings. The van der Waals surface area contributed by atoms with Crippen molar-refractivity contribution < 1.29 is 14.2 Å². The molecule has 0 saturated carbocycles. The second kappa shape index (κ2) is 8.70. The van der Waals surface area contributed by atoms with Gasteiger partial charge in [-0.05, 0) is 38.1 Å². The van der Waals surface area contributed by atoms with Crippen LogP contribution in [0.25, 0.3) is 11.4 Å². The number of nitrogens with zero attached hydrogens (tertiary/aromatic N) is 3. The van der Waals surface area contributed by atoms with Crippen molar-refractivity contribution in [2.24, 2.45) is 0 Å². The SMILES string of the molecule is CC(C)NC(=O)c1ccc(NCc2nc(-c3cccc(Cl)c3)no2)c([N+](=O)[O-])c1. The summed E-state index contributed by atoms with van der Waals surface area (Å²) in [5.74, 6) is 0.230. The minimum atomic E-state index is -0.556. The molecule has 2 N–H and O–H groups in total. The standard InChI is InChI=1S/C19H18ClN5O4/c1-11(2)22-19(26)13-6-7-15(16(9-13)25(27)28)21-10-17-23-18(24-29-17)12-4-3-5-14(20)8-12/h3-9,11,21H,10H2,1-2H3,(H,22,26). The summed E-state index contributed by atoms with van der Waals surface area (Å²) in [6.07, 6.45) is 0. The molecule has 0 atom stereocenters. The van der Waals surface area contributed by atoms with Crippen molar-refractivity contribution in [3.8, 4) is 11.4 Å². The maximum atomic E-state index is 12.1. The number of carbonyl (C=O) groups excluding carboxylic acids is 1. The maximum absolute atomic E-state index is 12.1. The number of halogens is 1. The Hall–Kier alpha value is -3.46. The molecule has 0 unspecified atom stereocenters. The van der Waals surface area contributed by atoms with E-state index < -0.39 is 4.92 Å². The van der Waals surface area contributed by atoms with E-state index in [2.05, 4.69) is 20.8 Å². The van der Waals surface area contributed by atoms with Gasteiger partial charge in [-0.1, -0.05) is 28.9 Å². The average molecular weight is 416 g/mol. The van der Waals surface area contributed by atoms with Gasteiger partial charge in [0, 0.05) is 28.3 Å². The minimum absolute atomic E-state index is 0.0753. The summed E-state index contributed by atoms with van der Waals surface area (Å²) in [4.78, 5) is 27.2. The lowest BCUT2D eigenvalue weighted by atomic mass is 10.1. The lowest BCUT2D eigenvalue weighted by Gasteiger charge is -2.10. The van der Waals surface area contributed by atoms with E-state index in [4.69, 9.17) is 16.1 Å². The minimum Gasteiger partial charge on any atom is -0.371 e. The zero-order chi connectivity index (χ0) is 21.0. The fourth-order valence-electron chi connectivity index (χ4n) is 2.56. The molecule has 9 nitrogen and oxygen atoms in total. The van der Waals surface area contributed by atoms with Crippen LogP contribution in [0.15, 0.2) is 47.0 Å². The second-order valence-corrected chi connectivity index (χ2v) is 6.93. The number of benzene rings is 2. The summed E-state index contributed by atoms with van der Waals surface area (Å²) < 4.78 is 5.19. The molecule has 0 radical (unpaired) electrons. The highest BCUT2D eigenvalue weighted by Gasteiger charge is 2.19. The van der Waals surface area contributed by atoms with E-state index in [1.807, 2.05) is 13.8 Å². The molecule has 3 aromatic rings. The largest absolute Gasteiger partial charge is 0.371 e. The molecule has 0 aliphatic carbocycles. The maximum Gasteiger partial charge on any atom is 0.293 e. The lowest BCUT2D eigenvalue weighted by Crippen LogP contribution is -2.30. The predicted octanol–water partition coefficient (Wildman–Crippen LogP) is 4.05. The Morgan fingerprint density at radius 3 is 2.76 bits per heavy atom. The molecule has 29 heavy (non-hydrogen) atoms. The molecule has 0 aliphatic heterocycles. The second-order valence-electron chi connectivity index (χ2n) is 6.49. The van der Waals surface area contributed by atoms with E-state index in [1.165, 1.54) is 18.2 Å². The van der Waals surface area contributed by atoms with Crippen molar-refractivity contribution in [3.63, 3.8) is 0 Å². The van der Waals surface area contributed by atoms with Crippen LogP contribution >= 0.6 is 11.6 Å². The highest BCUT2D eigenvalue weighted by atomic mass is 35.5. The Morgan fingerprint density at radius 2 is 2.07 bits per heavy atom. The molecule has 0 fully saturated rings. The smallest absolute Gasteiger partial charge is 0.293 e. The van der Waals surface area contributed by atoms with E-state index in [0.29, 0.717) is 16.4 Å². The number of nitrogens with one attached hydrogen (secondary N) is 2. The number of hydrogen-bond acceptors (Lipinski definition) is 7. The number of amides is 1. The first-order chi connectivity index (χ1) is 13.8. The average Bonchev–Trinajstić information content (AvgIpc) is 3.14. The van der Waals surface area contributed by atoms with Crippen molar-refractivity contribution >= 4 is 28.9 Å². The number of anilines is 1. The quantitative estimate of drug-likeness (QED) is 0.440. The Morgan fingerprint density at radius 1 is 1.28 bits per heavy atom. The third-order valence-corrected chi connectivity index (χ3v) is 4.09. The van der Waals surface area contributed by atoms with E-state index in [1.54, 1.807) is 24.3 Å². The van der Waals surface area contributed by atoms with Gasteiger partial charge in [-0.25, -0.2) is 0 Å². The van der Waals surface area contributed by atoms with Crippen molar-refractivity contribution in [3.05, 3.63) is 69.1 Å². The van der Waals surface area contributed by atoms with Crippen LogP contribution in [0.5, 0.6) is 0 Å². The number of nitro benzene ring substituents is 1. The Bertz CT molecular complexity index is 1050. The van der Waals surface area contributed by atoms with Crippen LogP contribution in [0, 0.1) is 10.1 Å². The predicted molar refractivity (Wildman–Crippen MR) is 108 cm³/mol. The normalized spacial score (nSPS) is 10.8. The summed E-state index contributed by atoms with van der Waals surface area (Å²) in [7, 11) is 0. The summed E-state index contributed by atoms with van der Waals surface area (Å²) in [6, 6.07) is 11.1. The zero-order valence-electron chi connectivity index (χ0n) is 15.7. The molecule has 150 valence electrons. The van der Waals surface area contributed by atoms with Crippen molar-refractivity contribution in [2.75, 3.05) is 5.32 Å². The Kier molecular flexibility index (Phi) is 6.08. The van der Waals surface area contributed by atoms with Crippen molar-refractivity contribution in [1.29, 1.82) is 0 Å². The van der Waals surface area contributed by atoms with E-state index in [-0.39, 0.29) is 41.3 Å². The summed E-state index contributed by atoms with van der Waals surface area (Å²) in [6.45, 7) is 3.69. The molecule has 2 aromatic carbocycles. The van der Waals surface area contributed by atoms with Crippen molar-refractivity contribution in [1.82, 2.24) is 15.5 Å². The van der Waals surface area contributed by atoms with Crippen LogP contribution in [-0.4, -0.2) is 27.0 Å². The molecule has 3 rings (SSSR count). The highest BCUT2D eigenvalue weighted by molar-refractivity contribution is 6.30. The van der Waals surface area contributed by atoms with E-state index in [9.17, 15) is 14.9 Å². The van der Waals surface area contributed by atoms with Gasteiger partial charge in [0.15, 0.2) is 0 Å². The molecular formula is C19H18ClN5O4. The van der Waals surface area contributed by atoms with E-state index in [0.717, 1.165) is 0 Å². The molecular weight excluding hydrogens is 398 g/mol. The third kappa shape index (κ3) is 5.08. The summed E-state index contributed by atoms with van der Waals surface area (Å²) in [5, 5.41) is 21.5. The van der Waals surface area contributed by atoms with Gasteiger partial charge in [0.05, 0.1) is 11.5 Å². The van der Waals surface area contributed by atoms with Gasteiger partial charge in [-0.2, -0.15) is 4.98 Å². The van der Waals surface area contributed by atoms with Crippen LogP contribution < -0.4 is 10.6 Å². The van der Waals surface area contributed by atoms with E-state index >= 15 is 0 Å². The Labute approximate surface area is 171 Å². The first-order valence-electron chi connectivity index (χ1n) is 8.75. The first-order valence-corrected chi connectivity index (χ1v) is 9.13. The van der Waals surface area contributed by atoms with Gasteiger partial charge < -0.3 is 15.2 Å². The van der Waals surface area contributed by atoms with Crippen LogP contribution in [0.4, 0.5) is 11.4 Å². The van der Waals surface area contributed by atoms with Gasteiger partial charge in [-0.3, -0.25) is 14.9 Å². The first kappa shape index (κ1) is 20.3. The van der Waals surface area contributed by atoms with Crippen molar-refractivity contribution in [2.45, 2.75) is 26.4 Å². The van der Waals surface area contributed by atoms with Crippen LogP contribution in [0.2, 0.25) is 5.02 Å². The van der Waals surface area contributed by atoms with Gasteiger partial charge >= 0.3 is 0 Å². The van der Waals surface area contributed by atoms with Gasteiger partial charge in [0.2, 0.25) is 11.7 Å². The molecule has 1 aromatic heterocycles. The van der Waals surface area contributed by atoms with Crippen LogP contribution in [0.3, 0.4) is 0 Å². The number of hydrogen-bond donors (Lipinski definition) is 2. The van der Waals surface area contributed by atoms with Gasteiger partial charge in [0.25, 0.3) is 11.6 Å². The van der Waals surface area contributed by atoms with Gasteiger partial charge in [-0.15, -0.1) is 0 Å². The fraction of sp³-hybridized carbons (Fsp3) is 0.211. The Balaban J connectivity index is 1.75. The zero-order valence-corrected chi connectivity index (χ0v) is 16.4. The fourth-order valence-corrected chi connectivity index (χ4v) is 2.75. The monoisotopic (exact) mass is 415 g/mol. The summed E-state index contributed by atoms with van der Waals surface area (Å²) >= 11 is 5.96. The number of carbonyl (C=O) groups is 1. The topological polar surface area (TPSA) is 123 Å². The van der Waals surface area contributed by atoms with Crippen LogP contribution in [-0.2, 0) is 6.54 Å². The molecule has 1 amide bonds. The number of aromatic nitrogens is 2. The highest BCUT2D eigenvalue weighted by Crippen LogP contribution is 2.26. The van der Waals surface area contributed by atoms with Crippen LogP contribution in [0.1, 0.15) is 30.1 Å². The molecule has 0 saturated heterocycles. The third-order valence-electron chi connectivity index (χ3n) is 3.86. The summed E-state index contributed by atoms with van der Waals surface area (Å²) in [5.41, 5.74) is 0.908.